The number of rotatable bonds is 2. The lowest BCUT2D eigenvalue weighted by Crippen LogP contribution is -1.99. The third kappa shape index (κ3) is 2.48. The third-order valence-electron chi connectivity index (χ3n) is 1.63. The second kappa shape index (κ2) is 4.47. The molecule has 0 aliphatic heterocycles. The molecular formula is C8H5Br3N2S. The van der Waals surface area contributed by atoms with Crippen molar-refractivity contribution in [3.05, 3.63) is 36.1 Å². The number of thiophene rings is 1. The molecular weight excluding hydrogens is 396 g/mol. The molecule has 0 aliphatic carbocycles. The van der Waals surface area contributed by atoms with Gasteiger partial charge in [-0.05, 0) is 53.9 Å². The van der Waals surface area contributed by atoms with Crippen molar-refractivity contribution in [1.82, 2.24) is 9.78 Å². The van der Waals surface area contributed by atoms with E-state index in [-0.39, 0.29) is 0 Å². The van der Waals surface area contributed by atoms with Gasteiger partial charge in [-0.25, -0.2) is 0 Å². The van der Waals surface area contributed by atoms with Crippen LogP contribution in [-0.2, 0) is 6.54 Å². The van der Waals surface area contributed by atoms with E-state index in [4.69, 9.17) is 0 Å². The zero-order chi connectivity index (χ0) is 10.1. The summed E-state index contributed by atoms with van der Waals surface area (Å²) in [6.45, 7) is 0.794. The first-order valence-corrected chi connectivity index (χ1v) is 7.03. The van der Waals surface area contributed by atoms with Gasteiger partial charge in [-0.1, -0.05) is 0 Å². The summed E-state index contributed by atoms with van der Waals surface area (Å²) in [5.41, 5.74) is 0. The number of hydrogen-bond donors (Lipinski definition) is 0. The molecule has 0 radical (unpaired) electrons. The van der Waals surface area contributed by atoms with Crippen LogP contribution in [0.15, 0.2) is 31.2 Å². The van der Waals surface area contributed by atoms with Crippen LogP contribution in [0.3, 0.4) is 0 Å². The van der Waals surface area contributed by atoms with Gasteiger partial charge in [0.2, 0.25) is 0 Å². The number of halogens is 3. The third-order valence-corrected chi connectivity index (χ3v) is 4.34. The molecule has 0 saturated heterocycles. The average Bonchev–Trinajstić information content (AvgIpc) is 2.61. The van der Waals surface area contributed by atoms with Crippen molar-refractivity contribution in [3.63, 3.8) is 0 Å². The summed E-state index contributed by atoms with van der Waals surface area (Å²) in [5.74, 6) is 0. The molecule has 74 valence electrons. The Morgan fingerprint density at radius 3 is 2.57 bits per heavy atom. The van der Waals surface area contributed by atoms with Crippen molar-refractivity contribution >= 4 is 59.1 Å². The highest BCUT2D eigenvalue weighted by atomic mass is 79.9. The van der Waals surface area contributed by atoms with Gasteiger partial charge in [0.25, 0.3) is 0 Å². The van der Waals surface area contributed by atoms with Crippen LogP contribution in [0.25, 0.3) is 0 Å². The van der Waals surface area contributed by atoms with Gasteiger partial charge in [-0.15, -0.1) is 11.3 Å². The van der Waals surface area contributed by atoms with Crippen LogP contribution in [0.5, 0.6) is 0 Å². The minimum absolute atomic E-state index is 0.794. The highest BCUT2D eigenvalue weighted by Crippen LogP contribution is 2.23. The zero-order valence-corrected chi connectivity index (χ0v) is 12.5. The molecule has 0 amide bonds. The summed E-state index contributed by atoms with van der Waals surface area (Å²) in [7, 11) is 0. The zero-order valence-electron chi connectivity index (χ0n) is 6.88. The molecule has 0 N–H and O–H groups in total. The van der Waals surface area contributed by atoms with Gasteiger partial charge in [0, 0.05) is 20.8 Å². The number of nitrogens with zero attached hydrogens (tertiary/aromatic N) is 2. The van der Waals surface area contributed by atoms with E-state index in [1.807, 2.05) is 10.7 Å². The predicted octanol–water partition coefficient (Wildman–Crippen LogP) is 4.28. The Kier molecular flexibility index (Phi) is 3.46. The molecule has 2 aromatic rings. The van der Waals surface area contributed by atoms with E-state index in [1.54, 1.807) is 11.3 Å². The SMILES string of the molecule is Brc1csc(Cn2nc(Br)cc2Br)c1. The highest BCUT2D eigenvalue weighted by molar-refractivity contribution is 9.11. The lowest BCUT2D eigenvalue weighted by molar-refractivity contribution is 0.674. The quantitative estimate of drug-likeness (QED) is 0.735. The van der Waals surface area contributed by atoms with E-state index in [1.165, 1.54) is 4.88 Å². The fourth-order valence-corrected chi connectivity index (χ4v) is 3.63. The Morgan fingerprint density at radius 2 is 2.07 bits per heavy atom. The summed E-state index contributed by atoms with van der Waals surface area (Å²) in [4.78, 5) is 1.27. The molecule has 0 atom stereocenters. The Morgan fingerprint density at radius 1 is 1.29 bits per heavy atom. The first-order valence-electron chi connectivity index (χ1n) is 3.77. The van der Waals surface area contributed by atoms with Gasteiger partial charge in [-0.3, -0.25) is 4.68 Å². The van der Waals surface area contributed by atoms with Crippen LogP contribution >= 0.6 is 59.1 Å². The fraction of sp³-hybridized carbons (Fsp3) is 0.125. The summed E-state index contributed by atoms with van der Waals surface area (Å²) < 4.78 is 4.86. The number of hydrogen-bond acceptors (Lipinski definition) is 2. The van der Waals surface area contributed by atoms with Crippen LogP contribution < -0.4 is 0 Å². The Hall–Kier alpha value is 0.350. The lowest BCUT2D eigenvalue weighted by Gasteiger charge is -1.99. The highest BCUT2D eigenvalue weighted by Gasteiger charge is 2.05. The van der Waals surface area contributed by atoms with Gasteiger partial charge >= 0.3 is 0 Å². The molecule has 0 spiro atoms. The van der Waals surface area contributed by atoms with E-state index in [0.29, 0.717) is 0 Å². The molecule has 14 heavy (non-hydrogen) atoms. The molecule has 2 aromatic heterocycles. The summed E-state index contributed by atoms with van der Waals surface area (Å²) in [6, 6.07) is 4.04. The number of aromatic nitrogens is 2. The van der Waals surface area contributed by atoms with Crippen molar-refractivity contribution in [1.29, 1.82) is 0 Å². The average molecular weight is 401 g/mol. The molecule has 0 unspecified atom stereocenters. The fourth-order valence-electron chi connectivity index (χ4n) is 1.06. The van der Waals surface area contributed by atoms with Crippen LogP contribution in [0.4, 0.5) is 0 Å². The van der Waals surface area contributed by atoms with Gasteiger partial charge in [0.1, 0.15) is 9.21 Å². The molecule has 0 aliphatic rings. The molecule has 0 bridgehead atoms. The normalized spacial score (nSPS) is 10.8. The maximum Gasteiger partial charge on any atom is 0.129 e. The molecule has 2 rings (SSSR count). The van der Waals surface area contributed by atoms with E-state index in [2.05, 4.69) is 64.3 Å². The standard InChI is InChI=1S/C8H5Br3N2S/c9-5-1-6(14-4-5)3-13-8(11)2-7(10)12-13/h1-2,4H,3H2. The Bertz CT molecular complexity index is 449. The van der Waals surface area contributed by atoms with Gasteiger partial charge in [-0.2, -0.15) is 5.10 Å². The van der Waals surface area contributed by atoms with Crippen molar-refractivity contribution in [3.8, 4) is 0 Å². The van der Waals surface area contributed by atoms with Crippen molar-refractivity contribution < 1.29 is 0 Å². The van der Waals surface area contributed by atoms with Gasteiger partial charge < -0.3 is 0 Å². The Labute approximate surface area is 111 Å². The largest absolute Gasteiger partial charge is 0.252 e. The predicted molar refractivity (Wildman–Crippen MR) is 68.7 cm³/mol. The van der Waals surface area contributed by atoms with Crippen molar-refractivity contribution in [2.75, 3.05) is 0 Å². The molecule has 6 heteroatoms. The van der Waals surface area contributed by atoms with Gasteiger partial charge in [0.15, 0.2) is 0 Å². The molecule has 0 aromatic carbocycles. The van der Waals surface area contributed by atoms with Crippen LogP contribution in [0.1, 0.15) is 4.88 Å². The molecule has 0 saturated carbocycles. The summed E-state index contributed by atoms with van der Waals surface area (Å²) in [6.07, 6.45) is 0. The maximum absolute atomic E-state index is 4.29. The van der Waals surface area contributed by atoms with E-state index in [9.17, 15) is 0 Å². The first-order chi connectivity index (χ1) is 6.65. The van der Waals surface area contributed by atoms with Crippen molar-refractivity contribution in [2.24, 2.45) is 0 Å². The lowest BCUT2D eigenvalue weighted by atomic mass is 10.5. The summed E-state index contributed by atoms with van der Waals surface area (Å²) >= 11 is 11.9. The maximum atomic E-state index is 4.29. The first kappa shape index (κ1) is 10.9. The minimum Gasteiger partial charge on any atom is -0.252 e. The van der Waals surface area contributed by atoms with E-state index in [0.717, 1.165) is 20.2 Å². The molecule has 0 fully saturated rings. The van der Waals surface area contributed by atoms with E-state index < -0.39 is 0 Å². The van der Waals surface area contributed by atoms with Crippen LogP contribution in [0, 0.1) is 0 Å². The smallest absolute Gasteiger partial charge is 0.129 e. The van der Waals surface area contributed by atoms with E-state index >= 15 is 0 Å². The monoisotopic (exact) mass is 398 g/mol. The van der Waals surface area contributed by atoms with Gasteiger partial charge in [0.05, 0.1) is 6.54 Å². The van der Waals surface area contributed by atoms with Crippen LogP contribution in [0.2, 0.25) is 0 Å². The second-order valence-electron chi connectivity index (χ2n) is 2.68. The molecule has 2 nitrogen and oxygen atoms in total. The Balaban J connectivity index is 2.22. The topological polar surface area (TPSA) is 17.8 Å². The van der Waals surface area contributed by atoms with Crippen molar-refractivity contribution in [2.45, 2.75) is 6.54 Å². The minimum atomic E-state index is 0.794. The molecule has 2 heterocycles. The summed E-state index contributed by atoms with van der Waals surface area (Å²) in [5, 5.41) is 6.36. The second-order valence-corrected chi connectivity index (χ2v) is 6.22. The van der Waals surface area contributed by atoms with Crippen LogP contribution in [-0.4, -0.2) is 9.78 Å².